The van der Waals surface area contributed by atoms with Crippen LogP contribution in [0.5, 0.6) is 0 Å². The molecule has 5 rings (SSSR count). The van der Waals surface area contributed by atoms with Crippen molar-refractivity contribution >= 4 is 22.5 Å². The Morgan fingerprint density at radius 1 is 1.17 bits per heavy atom. The molecule has 0 spiro atoms. The molecule has 2 atom stereocenters. The molecule has 2 aromatic heterocycles. The van der Waals surface area contributed by atoms with Crippen molar-refractivity contribution < 1.29 is 17.6 Å². The number of likely N-dealkylation sites (N-methyl/N-ethyl adjacent to an activating group) is 1. The Bertz CT molecular complexity index is 1120. The number of fused-ring (bicyclic) bond motifs is 6. The van der Waals surface area contributed by atoms with Gasteiger partial charge < -0.3 is 4.57 Å². The molecule has 0 aliphatic carbocycles. The van der Waals surface area contributed by atoms with Gasteiger partial charge in [-0.05, 0) is 50.1 Å². The Morgan fingerprint density at radius 2 is 1.97 bits per heavy atom. The first-order chi connectivity index (χ1) is 14.3. The van der Waals surface area contributed by atoms with Crippen LogP contribution in [0, 0.1) is 5.82 Å². The van der Waals surface area contributed by atoms with Gasteiger partial charge in [-0.3, -0.25) is 9.88 Å². The third kappa shape index (κ3) is 3.02. The van der Waals surface area contributed by atoms with Crippen LogP contribution in [0.25, 0.3) is 10.9 Å². The highest BCUT2D eigenvalue weighted by atomic mass is 35.5. The van der Waals surface area contributed by atoms with E-state index in [1.54, 1.807) is 6.07 Å². The molecule has 2 aliphatic heterocycles. The largest absolute Gasteiger partial charge is 0.433 e. The summed E-state index contributed by atoms with van der Waals surface area (Å²) in [5, 5.41) is 0.692. The van der Waals surface area contributed by atoms with Gasteiger partial charge in [-0.15, -0.1) is 0 Å². The van der Waals surface area contributed by atoms with E-state index in [4.69, 9.17) is 11.6 Å². The molecule has 2 aliphatic rings. The molecule has 0 radical (unpaired) electrons. The number of alkyl halides is 3. The number of halogens is 5. The summed E-state index contributed by atoms with van der Waals surface area (Å²) in [6.45, 7) is 0.545. The topological polar surface area (TPSA) is 21.1 Å². The summed E-state index contributed by atoms with van der Waals surface area (Å²) in [6, 6.07) is 6.48. The molecular weight excluding hydrogens is 418 g/mol. The molecule has 0 N–H and O–H groups in total. The lowest BCUT2D eigenvalue weighted by Crippen LogP contribution is -2.34. The maximum atomic E-state index is 15.1. The van der Waals surface area contributed by atoms with E-state index in [9.17, 15) is 13.2 Å². The normalized spacial score (nSPS) is 21.4. The lowest BCUT2D eigenvalue weighted by atomic mass is 9.97. The van der Waals surface area contributed by atoms with Crippen molar-refractivity contribution in [2.75, 3.05) is 7.05 Å². The molecule has 4 heterocycles. The van der Waals surface area contributed by atoms with E-state index in [0.29, 0.717) is 30.0 Å². The van der Waals surface area contributed by atoms with Gasteiger partial charge in [0.15, 0.2) is 5.82 Å². The summed E-state index contributed by atoms with van der Waals surface area (Å²) >= 11 is 6.10. The average Bonchev–Trinajstić information content (AvgIpc) is 3.13. The van der Waals surface area contributed by atoms with E-state index in [2.05, 4.69) is 21.5 Å². The second kappa shape index (κ2) is 6.95. The first-order valence-electron chi connectivity index (χ1n) is 9.98. The van der Waals surface area contributed by atoms with Crippen molar-refractivity contribution in [2.45, 2.75) is 50.5 Å². The molecule has 0 saturated carbocycles. The molecular formula is C22H20ClF4N3. The van der Waals surface area contributed by atoms with Gasteiger partial charge in [0, 0.05) is 47.9 Å². The number of aromatic nitrogens is 2. The number of pyridine rings is 1. The molecule has 3 aromatic rings. The smallest absolute Gasteiger partial charge is 0.344 e. The summed E-state index contributed by atoms with van der Waals surface area (Å²) in [5.41, 5.74) is 2.75. The summed E-state index contributed by atoms with van der Waals surface area (Å²) in [7, 11) is 2.09. The molecule has 2 bridgehead atoms. The molecule has 8 heteroatoms. The predicted molar refractivity (Wildman–Crippen MR) is 107 cm³/mol. The van der Waals surface area contributed by atoms with Gasteiger partial charge in [0.25, 0.3) is 0 Å². The van der Waals surface area contributed by atoms with Crippen molar-refractivity contribution in [2.24, 2.45) is 0 Å². The molecule has 1 saturated heterocycles. The van der Waals surface area contributed by atoms with Crippen molar-refractivity contribution in [1.82, 2.24) is 14.5 Å². The Balaban J connectivity index is 1.54. The van der Waals surface area contributed by atoms with E-state index in [1.807, 2.05) is 6.07 Å². The molecule has 1 fully saturated rings. The molecule has 30 heavy (non-hydrogen) atoms. The molecule has 2 unspecified atom stereocenters. The Labute approximate surface area is 176 Å². The molecule has 0 amide bonds. The maximum Gasteiger partial charge on any atom is 0.433 e. The van der Waals surface area contributed by atoms with Crippen LogP contribution in [0.15, 0.2) is 30.5 Å². The van der Waals surface area contributed by atoms with E-state index in [-0.39, 0.29) is 16.9 Å². The minimum Gasteiger partial charge on any atom is -0.344 e. The van der Waals surface area contributed by atoms with E-state index in [0.717, 1.165) is 42.1 Å². The monoisotopic (exact) mass is 437 g/mol. The lowest BCUT2D eigenvalue weighted by molar-refractivity contribution is -0.141. The van der Waals surface area contributed by atoms with Gasteiger partial charge in [-0.2, -0.15) is 13.2 Å². The first kappa shape index (κ1) is 19.8. The standard InChI is InChI=1S/C22H20ClF4N3/c1-29-13-3-5-15(29)19-17(10-13)30(16-6-4-14(23)21(24)20(16)19)9-8-12-2-7-18(28-11-12)22(25,26)27/h2,4,6-7,11,13,15H,3,5,8-10H2,1H3. The number of hydrogen-bond donors (Lipinski definition) is 0. The van der Waals surface area contributed by atoms with Gasteiger partial charge in [0.1, 0.15) is 5.69 Å². The van der Waals surface area contributed by atoms with Crippen LogP contribution in [-0.2, 0) is 25.6 Å². The van der Waals surface area contributed by atoms with E-state index < -0.39 is 11.9 Å². The maximum absolute atomic E-state index is 15.1. The Hall–Kier alpha value is -2.12. The number of hydrogen-bond acceptors (Lipinski definition) is 2. The zero-order valence-electron chi connectivity index (χ0n) is 16.3. The number of rotatable bonds is 3. The van der Waals surface area contributed by atoms with Gasteiger partial charge in [-0.25, -0.2) is 4.39 Å². The fraction of sp³-hybridized carbons (Fsp3) is 0.409. The highest BCUT2D eigenvalue weighted by Crippen LogP contribution is 2.48. The van der Waals surface area contributed by atoms with E-state index >= 15 is 4.39 Å². The zero-order valence-corrected chi connectivity index (χ0v) is 17.1. The predicted octanol–water partition coefficient (Wildman–Crippen LogP) is 5.78. The van der Waals surface area contributed by atoms with Crippen molar-refractivity contribution in [3.8, 4) is 0 Å². The molecule has 1 aromatic carbocycles. The second-order valence-corrected chi connectivity index (χ2v) is 8.59. The van der Waals surface area contributed by atoms with Gasteiger partial charge in [0.05, 0.1) is 10.5 Å². The molecule has 3 nitrogen and oxygen atoms in total. The van der Waals surface area contributed by atoms with E-state index in [1.165, 1.54) is 12.3 Å². The highest BCUT2D eigenvalue weighted by molar-refractivity contribution is 6.31. The van der Waals surface area contributed by atoms with Crippen LogP contribution in [0.2, 0.25) is 5.02 Å². The third-order valence-electron chi connectivity index (χ3n) is 6.61. The number of aryl methyl sites for hydroxylation is 2. The Morgan fingerprint density at radius 3 is 2.67 bits per heavy atom. The van der Waals surface area contributed by atoms with Crippen molar-refractivity contribution in [3.63, 3.8) is 0 Å². The van der Waals surface area contributed by atoms with Crippen LogP contribution in [0.3, 0.4) is 0 Å². The average molecular weight is 438 g/mol. The van der Waals surface area contributed by atoms with Crippen molar-refractivity contribution in [3.05, 3.63) is 63.8 Å². The fourth-order valence-electron chi connectivity index (χ4n) is 5.10. The minimum atomic E-state index is -4.45. The first-order valence-corrected chi connectivity index (χ1v) is 10.4. The van der Waals surface area contributed by atoms with Gasteiger partial charge in [0.2, 0.25) is 0 Å². The fourth-order valence-corrected chi connectivity index (χ4v) is 5.26. The summed E-state index contributed by atoms with van der Waals surface area (Å²) in [4.78, 5) is 5.88. The van der Waals surface area contributed by atoms with Crippen molar-refractivity contribution in [1.29, 1.82) is 0 Å². The number of benzene rings is 1. The summed E-state index contributed by atoms with van der Waals surface area (Å²) in [5.74, 6) is -0.390. The lowest BCUT2D eigenvalue weighted by Gasteiger charge is -2.32. The SMILES string of the molecule is CN1C2CCC1c1c(n(CCc3ccc(C(F)(F)F)nc3)c3ccc(Cl)c(F)c13)C2. The van der Waals surface area contributed by atoms with Crippen LogP contribution < -0.4 is 0 Å². The number of nitrogens with zero attached hydrogens (tertiary/aromatic N) is 3. The van der Waals surface area contributed by atoms with Gasteiger partial charge in [-0.1, -0.05) is 17.7 Å². The zero-order chi connectivity index (χ0) is 21.2. The summed E-state index contributed by atoms with van der Waals surface area (Å²) < 4.78 is 55.5. The summed E-state index contributed by atoms with van der Waals surface area (Å²) in [6.07, 6.45) is 0.229. The quantitative estimate of drug-likeness (QED) is 0.484. The van der Waals surface area contributed by atoms with Crippen LogP contribution in [-0.4, -0.2) is 27.5 Å². The highest BCUT2D eigenvalue weighted by Gasteiger charge is 2.41. The van der Waals surface area contributed by atoms with Crippen LogP contribution in [0.4, 0.5) is 17.6 Å². The van der Waals surface area contributed by atoms with Gasteiger partial charge >= 0.3 is 6.18 Å². The van der Waals surface area contributed by atoms with Crippen LogP contribution >= 0.6 is 11.6 Å². The second-order valence-electron chi connectivity index (χ2n) is 8.18. The third-order valence-corrected chi connectivity index (χ3v) is 6.90. The van der Waals surface area contributed by atoms with Crippen LogP contribution in [0.1, 0.15) is 41.4 Å². The molecule has 158 valence electrons. The minimum absolute atomic E-state index is 0.108. The Kier molecular flexibility index (Phi) is 4.59.